The highest BCUT2D eigenvalue weighted by atomic mass is 16.6. The van der Waals surface area contributed by atoms with Gasteiger partial charge in [0.15, 0.2) is 5.75 Å². The van der Waals surface area contributed by atoms with Crippen molar-refractivity contribution in [1.29, 1.82) is 0 Å². The molecular formula is C26H31N3O7. The molecule has 10 heteroatoms. The van der Waals surface area contributed by atoms with E-state index in [0.29, 0.717) is 24.1 Å². The molecule has 1 aliphatic heterocycles. The van der Waals surface area contributed by atoms with Gasteiger partial charge in [0, 0.05) is 11.8 Å². The number of benzene rings is 2. The van der Waals surface area contributed by atoms with Gasteiger partial charge in [-0.1, -0.05) is 43.2 Å². The SMILES string of the molecule is CCCC1=C(C(=O)OC(C)C)C(c2cc(OC)c(OCc3ccc(C)cc3)c([N+](=O)[O-])c2)NC(=O)N1. The Morgan fingerprint density at radius 1 is 1.19 bits per heavy atom. The Morgan fingerprint density at radius 3 is 2.47 bits per heavy atom. The van der Waals surface area contributed by atoms with Crippen molar-refractivity contribution in [2.45, 2.75) is 59.3 Å². The molecule has 2 aromatic rings. The molecule has 2 N–H and O–H groups in total. The lowest BCUT2D eigenvalue weighted by Gasteiger charge is -2.30. The first-order valence-electron chi connectivity index (χ1n) is 11.7. The highest BCUT2D eigenvalue weighted by molar-refractivity contribution is 5.95. The maximum Gasteiger partial charge on any atom is 0.338 e. The lowest BCUT2D eigenvalue weighted by molar-refractivity contribution is -0.386. The normalized spacial score (nSPS) is 15.3. The van der Waals surface area contributed by atoms with Gasteiger partial charge in [-0.15, -0.1) is 0 Å². The van der Waals surface area contributed by atoms with Gasteiger partial charge in [-0.3, -0.25) is 10.1 Å². The number of urea groups is 1. The predicted octanol–water partition coefficient (Wildman–Crippen LogP) is 4.85. The van der Waals surface area contributed by atoms with Gasteiger partial charge >= 0.3 is 17.7 Å². The first-order chi connectivity index (χ1) is 17.1. The maximum absolute atomic E-state index is 13.0. The van der Waals surface area contributed by atoms with Crippen molar-refractivity contribution < 1.29 is 28.7 Å². The molecule has 0 aliphatic carbocycles. The van der Waals surface area contributed by atoms with Crippen molar-refractivity contribution in [3.8, 4) is 11.5 Å². The third kappa shape index (κ3) is 6.12. The molecule has 0 saturated heterocycles. The summed E-state index contributed by atoms with van der Waals surface area (Å²) in [6.45, 7) is 7.40. The van der Waals surface area contributed by atoms with Crippen LogP contribution in [0.2, 0.25) is 0 Å². The van der Waals surface area contributed by atoms with Crippen molar-refractivity contribution in [3.05, 3.63) is 74.5 Å². The smallest absolute Gasteiger partial charge is 0.338 e. The van der Waals surface area contributed by atoms with Crippen LogP contribution in [0.1, 0.15) is 56.3 Å². The molecular weight excluding hydrogens is 466 g/mol. The standard InChI is InChI=1S/C26H31N3O7/c1-6-7-19-22(25(30)36-15(2)3)23(28-26(31)27-19)18-12-20(29(32)33)24(21(13-18)34-5)35-14-17-10-8-16(4)9-11-17/h8-13,15,23H,6-7,14H2,1-5H3,(H2,27,28,31). The Labute approximate surface area is 209 Å². The third-order valence-electron chi connectivity index (χ3n) is 5.53. The highest BCUT2D eigenvalue weighted by Gasteiger charge is 2.36. The number of carbonyl (C=O) groups is 2. The summed E-state index contributed by atoms with van der Waals surface area (Å²) in [7, 11) is 1.37. The monoisotopic (exact) mass is 497 g/mol. The van der Waals surface area contributed by atoms with E-state index in [1.54, 1.807) is 13.8 Å². The van der Waals surface area contributed by atoms with Gasteiger partial charge in [-0.25, -0.2) is 9.59 Å². The van der Waals surface area contributed by atoms with E-state index in [1.165, 1.54) is 19.2 Å². The number of amides is 2. The Morgan fingerprint density at radius 2 is 1.89 bits per heavy atom. The highest BCUT2D eigenvalue weighted by Crippen LogP contribution is 2.42. The van der Waals surface area contributed by atoms with E-state index in [0.717, 1.165) is 11.1 Å². The Kier molecular flexibility index (Phi) is 8.52. The average Bonchev–Trinajstić information content (AvgIpc) is 2.82. The number of esters is 1. The Balaban J connectivity index is 2.08. The van der Waals surface area contributed by atoms with Gasteiger partial charge in [0.2, 0.25) is 5.75 Å². The molecule has 0 aromatic heterocycles. The zero-order valence-electron chi connectivity index (χ0n) is 21.0. The van der Waals surface area contributed by atoms with E-state index < -0.39 is 29.1 Å². The van der Waals surface area contributed by atoms with Crippen LogP contribution in [-0.2, 0) is 16.1 Å². The number of nitro benzene ring substituents is 1. The predicted molar refractivity (Wildman–Crippen MR) is 133 cm³/mol. The molecule has 2 aromatic carbocycles. The number of methoxy groups -OCH3 is 1. The van der Waals surface area contributed by atoms with Crippen LogP contribution in [0.4, 0.5) is 10.5 Å². The molecule has 2 amide bonds. The summed E-state index contributed by atoms with van der Waals surface area (Å²) >= 11 is 0. The van der Waals surface area contributed by atoms with Crippen LogP contribution in [-0.4, -0.2) is 30.1 Å². The maximum atomic E-state index is 13.0. The first kappa shape index (κ1) is 26.5. The fraction of sp³-hybridized carbons (Fsp3) is 0.385. The van der Waals surface area contributed by atoms with E-state index >= 15 is 0 Å². The van der Waals surface area contributed by atoms with Crippen molar-refractivity contribution in [2.75, 3.05) is 7.11 Å². The average molecular weight is 498 g/mol. The molecule has 3 rings (SSSR count). The minimum absolute atomic E-state index is 0.0452. The zero-order chi connectivity index (χ0) is 26.4. The van der Waals surface area contributed by atoms with Crippen molar-refractivity contribution in [3.63, 3.8) is 0 Å². The number of allylic oxidation sites excluding steroid dienone is 1. The topological polar surface area (TPSA) is 129 Å². The molecule has 0 radical (unpaired) electrons. The van der Waals surface area contributed by atoms with Crippen LogP contribution in [0.15, 0.2) is 47.7 Å². The summed E-state index contributed by atoms with van der Waals surface area (Å²) in [6.07, 6.45) is 0.687. The molecule has 192 valence electrons. The number of rotatable bonds is 10. The lowest BCUT2D eigenvalue weighted by atomic mass is 9.93. The van der Waals surface area contributed by atoms with E-state index in [9.17, 15) is 19.7 Å². The van der Waals surface area contributed by atoms with Crippen LogP contribution in [0.25, 0.3) is 0 Å². The summed E-state index contributed by atoms with van der Waals surface area (Å²) in [5.74, 6) is -0.559. The lowest BCUT2D eigenvalue weighted by Crippen LogP contribution is -2.46. The van der Waals surface area contributed by atoms with Gasteiger partial charge in [0.25, 0.3) is 0 Å². The third-order valence-corrected chi connectivity index (χ3v) is 5.53. The molecule has 36 heavy (non-hydrogen) atoms. The van der Waals surface area contributed by atoms with Crippen molar-refractivity contribution >= 4 is 17.7 Å². The van der Waals surface area contributed by atoms with Crippen LogP contribution >= 0.6 is 0 Å². The quantitative estimate of drug-likeness (QED) is 0.273. The van der Waals surface area contributed by atoms with Crippen LogP contribution in [0, 0.1) is 17.0 Å². The fourth-order valence-electron chi connectivity index (χ4n) is 3.88. The van der Waals surface area contributed by atoms with Gasteiger partial charge < -0.3 is 24.8 Å². The number of nitrogens with zero attached hydrogens (tertiary/aromatic N) is 1. The number of hydrogen-bond donors (Lipinski definition) is 2. The summed E-state index contributed by atoms with van der Waals surface area (Å²) in [4.78, 5) is 37.0. The number of ether oxygens (including phenoxy) is 3. The van der Waals surface area contributed by atoms with Crippen molar-refractivity contribution in [2.24, 2.45) is 0 Å². The number of nitrogens with one attached hydrogen (secondary N) is 2. The molecule has 1 unspecified atom stereocenters. The van der Waals surface area contributed by atoms with E-state index in [-0.39, 0.29) is 29.4 Å². The minimum Gasteiger partial charge on any atom is -0.493 e. The summed E-state index contributed by atoms with van der Waals surface area (Å²) in [5, 5.41) is 17.4. The number of carbonyl (C=O) groups excluding carboxylic acids is 2. The molecule has 0 spiro atoms. The van der Waals surface area contributed by atoms with Crippen LogP contribution < -0.4 is 20.1 Å². The van der Waals surface area contributed by atoms with Crippen LogP contribution in [0.5, 0.6) is 11.5 Å². The zero-order valence-corrected chi connectivity index (χ0v) is 21.0. The molecule has 10 nitrogen and oxygen atoms in total. The molecule has 0 bridgehead atoms. The van der Waals surface area contributed by atoms with Gasteiger partial charge in [0.05, 0.1) is 29.8 Å². The summed E-state index contributed by atoms with van der Waals surface area (Å²) in [6, 6.07) is 8.90. The van der Waals surface area contributed by atoms with Crippen molar-refractivity contribution in [1.82, 2.24) is 10.6 Å². The molecule has 1 aliphatic rings. The Bertz CT molecular complexity index is 1170. The van der Waals surface area contributed by atoms with E-state index in [4.69, 9.17) is 14.2 Å². The minimum atomic E-state index is -0.981. The molecule has 0 fully saturated rings. The molecule has 1 atom stereocenters. The van der Waals surface area contributed by atoms with Gasteiger partial charge in [-0.05, 0) is 44.4 Å². The largest absolute Gasteiger partial charge is 0.493 e. The number of nitro groups is 1. The summed E-state index contributed by atoms with van der Waals surface area (Å²) < 4.78 is 16.7. The van der Waals surface area contributed by atoms with E-state index in [1.807, 2.05) is 38.1 Å². The summed E-state index contributed by atoms with van der Waals surface area (Å²) in [5.41, 5.74) is 2.46. The number of hydrogen-bond acceptors (Lipinski definition) is 7. The number of aryl methyl sites for hydroxylation is 1. The van der Waals surface area contributed by atoms with Crippen LogP contribution in [0.3, 0.4) is 0 Å². The first-order valence-corrected chi connectivity index (χ1v) is 11.7. The second-order valence-electron chi connectivity index (χ2n) is 8.73. The fourth-order valence-corrected chi connectivity index (χ4v) is 3.88. The molecule has 1 heterocycles. The molecule has 0 saturated carbocycles. The van der Waals surface area contributed by atoms with Gasteiger partial charge in [-0.2, -0.15) is 0 Å². The Hall–Kier alpha value is -4.08. The second-order valence-corrected chi connectivity index (χ2v) is 8.73. The van der Waals surface area contributed by atoms with Gasteiger partial charge in [0.1, 0.15) is 6.61 Å². The second kappa shape index (κ2) is 11.6. The van der Waals surface area contributed by atoms with E-state index in [2.05, 4.69) is 10.6 Å².